The van der Waals surface area contributed by atoms with Crippen LogP contribution in [0.2, 0.25) is 0 Å². The van der Waals surface area contributed by atoms with Gasteiger partial charge in [-0.05, 0) is 25.0 Å². The number of hydrogen-bond acceptors (Lipinski definition) is 7. The van der Waals surface area contributed by atoms with Gasteiger partial charge in [0.25, 0.3) is 11.8 Å². The van der Waals surface area contributed by atoms with Crippen molar-refractivity contribution in [3.8, 4) is 5.75 Å². The number of esters is 1. The maximum atomic E-state index is 12.7. The summed E-state index contributed by atoms with van der Waals surface area (Å²) in [5.41, 5.74) is 0.757. The molecule has 174 valence electrons. The largest absolute Gasteiger partial charge is 0.493 e. The molecule has 1 atom stereocenters. The Hall–Kier alpha value is -3.36. The van der Waals surface area contributed by atoms with Gasteiger partial charge in [-0.1, -0.05) is 51.9 Å². The van der Waals surface area contributed by atoms with Crippen LogP contribution in [-0.4, -0.2) is 42.2 Å². The molecule has 0 saturated heterocycles. The number of benzene rings is 1. The molecule has 2 aromatic rings. The minimum Gasteiger partial charge on any atom is -0.493 e. The van der Waals surface area contributed by atoms with E-state index in [0.29, 0.717) is 23.6 Å². The summed E-state index contributed by atoms with van der Waals surface area (Å²) in [6.07, 6.45) is 0. The summed E-state index contributed by atoms with van der Waals surface area (Å²) in [5.74, 6) is -1.44. The first-order valence-electron chi connectivity index (χ1n) is 10.5. The van der Waals surface area contributed by atoms with Crippen molar-refractivity contribution >= 4 is 23.7 Å². The second kappa shape index (κ2) is 10.8. The highest BCUT2D eigenvalue weighted by Crippen LogP contribution is 2.23. The zero-order valence-electron chi connectivity index (χ0n) is 19.4. The van der Waals surface area contributed by atoms with Gasteiger partial charge in [0, 0.05) is 11.5 Å². The fraction of sp³-hybridized carbons (Fsp3) is 0.478. The van der Waals surface area contributed by atoms with Crippen LogP contribution in [0.1, 0.15) is 57.6 Å². The third kappa shape index (κ3) is 6.83. The maximum Gasteiger partial charge on any atom is 0.329 e. The van der Waals surface area contributed by atoms with Crippen molar-refractivity contribution < 1.29 is 28.4 Å². The van der Waals surface area contributed by atoms with Crippen LogP contribution in [0.5, 0.6) is 5.75 Å². The molecule has 2 N–H and O–H groups in total. The predicted octanol–water partition coefficient (Wildman–Crippen LogP) is 3.31. The van der Waals surface area contributed by atoms with E-state index < -0.39 is 30.4 Å². The number of carbonyl (C=O) groups is 3. The number of ether oxygens (including phenoxy) is 2. The van der Waals surface area contributed by atoms with E-state index in [1.54, 1.807) is 44.2 Å². The third-order valence-corrected chi connectivity index (χ3v) is 4.53. The second-order valence-corrected chi connectivity index (χ2v) is 8.61. The zero-order valence-corrected chi connectivity index (χ0v) is 19.4. The lowest BCUT2D eigenvalue weighted by Crippen LogP contribution is -2.46. The lowest BCUT2D eigenvalue weighted by molar-refractivity contribution is -0.150. The molecule has 0 bridgehead atoms. The van der Waals surface area contributed by atoms with Crippen LogP contribution in [0.3, 0.4) is 0 Å². The van der Waals surface area contributed by atoms with E-state index in [-0.39, 0.29) is 17.2 Å². The molecule has 0 spiro atoms. The summed E-state index contributed by atoms with van der Waals surface area (Å²) < 4.78 is 15.7. The van der Waals surface area contributed by atoms with Gasteiger partial charge in [0.1, 0.15) is 11.8 Å². The second-order valence-electron chi connectivity index (χ2n) is 8.61. The lowest BCUT2D eigenvalue weighted by Gasteiger charge is -2.21. The van der Waals surface area contributed by atoms with Crippen LogP contribution in [0.4, 0.5) is 5.88 Å². The first-order valence-corrected chi connectivity index (χ1v) is 10.5. The molecular formula is C23H31N3O6. The van der Waals surface area contributed by atoms with E-state index in [1.165, 1.54) is 0 Å². The Labute approximate surface area is 187 Å². The molecule has 0 aliphatic carbocycles. The Balaban J connectivity index is 1.96. The highest BCUT2D eigenvalue weighted by atomic mass is 16.5. The quantitative estimate of drug-likeness (QED) is 0.568. The Morgan fingerprint density at radius 3 is 2.44 bits per heavy atom. The Morgan fingerprint density at radius 1 is 1.16 bits per heavy atom. The summed E-state index contributed by atoms with van der Waals surface area (Å²) in [7, 11) is 0. The number of rotatable bonds is 9. The monoisotopic (exact) mass is 445 g/mol. The van der Waals surface area contributed by atoms with E-state index in [2.05, 4.69) is 15.8 Å². The fourth-order valence-electron chi connectivity index (χ4n) is 2.74. The molecular weight excluding hydrogens is 414 g/mol. The number of aromatic nitrogens is 1. The van der Waals surface area contributed by atoms with Crippen LogP contribution in [0, 0.1) is 5.92 Å². The van der Waals surface area contributed by atoms with Gasteiger partial charge in [-0.3, -0.25) is 14.9 Å². The van der Waals surface area contributed by atoms with E-state index >= 15 is 0 Å². The molecule has 0 saturated carbocycles. The van der Waals surface area contributed by atoms with Crippen molar-refractivity contribution in [2.45, 2.75) is 53.0 Å². The Morgan fingerprint density at radius 2 is 1.84 bits per heavy atom. The van der Waals surface area contributed by atoms with Crippen molar-refractivity contribution in [2.24, 2.45) is 5.92 Å². The summed E-state index contributed by atoms with van der Waals surface area (Å²) >= 11 is 0. The fourth-order valence-corrected chi connectivity index (χ4v) is 2.74. The first kappa shape index (κ1) is 24.9. The maximum absolute atomic E-state index is 12.7. The SMILES string of the molecule is CCOc1ccccc1C(=O)N[C@H](C(=O)OCC(=O)Nc1cc(C(C)(C)C)no1)C(C)C. The number of nitrogens with zero attached hydrogens (tertiary/aromatic N) is 1. The third-order valence-electron chi connectivity index (χ3n) is 4.53. The molecule has 1 aromatic carbocycles. The van der Waals surface area contributed by atoms with Gasteiger partial charge >= 0.3 is 5.97 Å². The van der Waals surface area contributed by atoms with Crippen molar-refractivity contribution in [2.75, 3.05) is 18.5 Å². The molecule has 2 rings (SSSR count). The van der Waals surface area contributed by atoms with E-state index in [4.69, 9.17) is 14.0 Å². The van der Waals surface area contributed by atoms with Gasteiger partial charge in [-0.25, -0.2) is 4.79 Å². The molecule has 0 fully saturated rings. The molecule has 0 radical (unpaired) electrons. The zero-order chi connectivity index (χ0) is 23.9. The summed E-state index contributed by atoms with van der Waals surface area (Å²) in [6.45, 7) is 11.1. The number of carbonyl (C=O) groups excluding carboxylic acids is 3. The van der Waals surface area contributed by atoms with Gasteiger partial charge in [0.2, 0.25) is 5.88 Å². The van der Waals surface area contributed by atoms with Crippen LogP contribution in [0.25, 0.3) is 0 Å². The number of hydrogen-bond donors (Lipinski definition) is 2. The highest BCUT2D eigenvalue weighted by molar-refractivity contribution is 5.99. The van der Waals surface area contributed by atoms with E-state index in [9.17, 15) is 14.4 Å². The predicted molar refractivity (Wildman–Crippen MR) is 118 cm³/mol. The topological polar surface area (TPSA) is 120 Å². The average Bonchev–Trinajstić information content (AvgIpc) is 3.19. The number of nitrogens with one attached hydrogen (secondary N) is 2. The van der Waals surface area contributed by atoms with Gasteiger partial charge in [-0.15, -0.1) is 0 Å². The summed E-state index contributed by atoms with van der Waals surface area (Å²) in [4.78, 5) is 37.4. The molecule has 9 nitrogen and oxygen atoms in total. The standard InChI is InChI=1S/C23H31N3O6/c1-7-30-16-11-9-8-10-15(16)21(28)25-20(14(2)3)22(29)31-13-18(27)24-19-12-17(26-32-19)23(4,5)6/h8-12,14,20H,7,13H2,1-6H3,(H,24,27)(H,25,28)/t20-/m0/s1. The average molecular weight is 446 g/mol. The van der Waals surface area contributed by atoms with Gasteiger partial charge in [0.15, 0.2) is 6.61 Å². The molecule has 32 heavy (non-hydrogen) atoms. The number of amides is 2. The van der Waals surface area contributed by atoms with Crippen molar-refractivity contribution in [3.05, 3.63) is 41.6 Å². The van der Waals surface area contributed by atoms with Gasteiger partial charge < -0.3 is 19.3 Å². The van der Waals surface area contributed by atoms with Crippen molar-refractivity contribution in [1.82, 2.24) is 10.5 Å². The smallest absolute Gasteiger partial charge is 0.329 e. The Kier molecular flexibility index (Phi) is 8.40. The van der Waals surface area contributed by atoms with Crippen molar-refractivity contribution in [3.63, 3.8) is 0 Å². The minimum atomic E-state index is -0.942. The Bertz CT molecular complexity index is 945. The lowest BCUT2D eigenvalue weighted by atomic mass is 9.92. The molecule has 1 aromatic heterocycles. The molecule has 0 aliphatic heterocycles. The molecule has 9 heteroatoms. The normalized spacial score (nSPS) is 12.2. The van der Waals surface area contributed by atoms with Crippen molar-refractivity contribution in [1.29, 1.82) is 0 Å². The van der Waals surface area contributed by atoms with Gasteiger partial charge in [0.05, 0.1) is 17.9 Å². The van der Waals surface area contributed by atoms with Crippen LogP contribution < -0.4 is 15.4 Å². The summed E-state index contributed by atoms with van der Waals surface area (Å²) in [6, 6.07) is 7.43. The van der Waals surface area contributed by atoms with E-state index in [1.807, 2.05) is 27.7 Å². The minimum absolute atomic E-state index is 0.164. The highest BCUT2D eigenvalue weighted by Gasteiger charge is 2.28. The van der Waals surface area contributed by atoms with Crippen LogP contribution in [0.15, 0.2) is 34.9 Å². The van der Waals surface area contributed by atoms with Crippen LogP contribution in [-0.2, 0) is 19.7 Å². The van der Waals surface area contributed by atoms with Crippen LogP contribution >= 0.6 is 0 Å². The molecule has 2 amide bonds. The first-order chi connectivity index (χ1) is 15.0. The van der Waals surface area contributed by atoms with Gasteiger partial charge in [-0.2, -0.15) is 0 Å². The van der Waals surface area contributed by atoms with E-state index in [0.717, 1.165) is 0 Å². The molecule has 1 heterocycles. The summed E-state index contributed by atoms with van der Waals surface area (Å²) in [5, 5.41) is 9.08. The number of para-hydroxylation sites is 1. The molecule has 0 aliphatic rings. The number of anilines is 1. The molecule has 0 unspecified atom stereocenters.